The summed E-state index contributed by atoms with van der Waals surface area (Å²) in [5.74, 6) is 0.464. The molecule has 118 valence electrons. The first-order chi connectivity index (χ1) is 11.0. The summed E-state index contributed by atoms with van der Waals surface area (Å²) in [7, 11) is 0. The summed E-state index contributed by atoms with van der Waals surface area (Å²) in [5.41, 5.74) is 3.38. The number of amides is 1. The second kappa shape index (κ2) is 7.60. The van der Waals surface area contributed by atoms with E-state index in [9.17, 15) is 4.79 Å². The van der Waals surface area contributed by atoms with Gasteiger partial charge < -0.3 is 5.32 Å². The molecule has 0 aliphatic heterocycles. The smallest absolute Gasteiger partial charge is 0.251 e. The maximum atomic E-state index is 12.3. The van der Waals surface area contributed by atoms with E-state index in [0.717, 1.165) is 12.0 Å². The lowest BCUT2D eigenvalue weighted by Crippen LogP contribution is -2.26. The molecule has 1 unspecified atom stereocenters. The molecule has 0 aliphatic carbocycles. The lowest BCUT2D eigenvalue weighted by molar-refractivity contribution is 0.0940. The minimum absolute atomic E-state index is 0.0821. The minimum atomic E-state index is -0.166. The van der Waals surface area contributed by atoms with Crippen LogP contribution in [0.25, 0.3) is 0 Å². The molecule has 0 fully saturated rings. The van der Waals surface area contributed by atoms with E-state index in [1.807, 2.05) is 13.0 Å². The van der Waals surface area contributed by atoms with E-state index in [4.69, 9.17) is 5.26 Å². The van der Waals surface area contributed by atoms with Crippen molar-refractivity contribution in [1.29, 1.82) is 5.26 Å². The van der Waals surface area contributed by atoms with Crippen molar-refractivity contribution in [3.63, 3.8) is 0 Å². The highest BCUT2D eigenvalue weighted by Gasteiger charge is 2.12. The summed E-state index contributed by atoms with van der Waals surface area (Å²) < 4.78 is 0. The molecule has 23 heavy (non-hydrogen) atoms. The van der Waals surface area contributed by atoms with Crippen molar-refractivity contribution in [2.24, 2.45) is 5.92 Å². The van der Waals surface area contributed by atoms with Gasteiger partial charge in [-0.1, -0.05) is 44.2 Å². The highest BCUT2D eigenvalue weighted by Crippen LogP contribution is 2.16. The van der Waals surface area contributed by atoms with Crippen LogP contribution in [0.3, 0.4) is 0 Å². The molecule has 0 radical (unpaired) electrons. The zero-order valence-electron chi connectivity index (χ0n) is 13.8. The van der Waals surface area contributed by atoms with Gasteiger partial charge in [-0.05, 0) is 48.6 Å². The van der Waals surface area contributed by atoms with Crippen molar-refractivity contribution in [3.05, 3.63) is 70.8 Å². The predicted molar refractivity (Wildman–Crippen MR) is 92.0 cm³/mol. The van der Waals surface area contributed by atoms with Gasteiger partial charge in [-0.25, -0.2) is 0 Å². The van der Waals surface area contributed by atoms with E-state index in [-0.39, 0.29) is 11.9 Å². The van der Waals surface area contributed by atoms with Gasteiger partial charge in [0.2, 0.25) is 0 Å². The number of nitrogens with one attached hydrogen (secondary N) is 1. The average molecular weight is 306 g/mol. The van der Waals surface area contributed by atoms with Gasteiger partial charge in [0.1, 0.15) is 0 Å². The number of nitriles is 1. The summed E-state index contributed by atoms with van der Waals surface area (Å²) in [6.07, 6.45) is 1.06. The number of hydrogen-bond donors (Lipinski definition) is 1. The van der Waals surface area contributed by atoms with Crippen LogP contribution in [0.1, 0.15) is 53.9 Å². The molecule has 2 rings (SSSR count). The van der Waals surface area contributed by atoms with Crippen LogP contribution in [-0.2, 0) is 6.42 Å². The Kier molecular flexibility index (Phi) is 5.54. The number of rotatable bonds is 5. The normalized spacial score (nSPS) is 11.8. The molecule has 0 aliphatic rings. The van der Waals surface area contributed by atoms with Crippen molar-refractivity contribution in [2.75, 3.05) is 0 Å². The Bertz CT molecular complexity index is 711. The molecule has 3 nitrogen and oxygen atoms in total. The third-order valence-electron chi connectivity index (χ3n) is 3.73. The zero-order valence-corrected chi connectivity index (χ0v) is 13.8. The summed E-state index contributed by atoms with van der Waals surface area (Å²) in [6, 6.07) is 17.1. The lowest BCUT2D eigenvalue weighted by Gasteiger charge is -2.15. The van der Waals surface area contributed by atoms with E-state index in [2.05, 4.69) is 43.4 Å². The molecular weight excluding hydrogens is 284 g/mol. The fourth-order valence-corrected chi connectivity index (χ4v) is 2.51. The molecule has 0 bridgehead atoms. The standard InChI is InChI=1S/C20H22N2O/c1-14(2)11-16-7-9-18(10-8-16)15(3)22-20(23)19-6-4-5-17(12-19)13-21/h4-10,12,14-15H,11H2,1-3H3,(H,22,23). The van der Waals surface area contributed by atoms with Gasteiger partial charge >= 0.3 is 0 Å². The van der Waals surface area contributed by atoms with E-state index >= 15 is 0 Å². The van der Waals surface area contributed by atoms with Crippen molar-refractivity contribution in [1.82, 2.24) is 5.32 Å². The number of benzene rings is 2. The number of nitrogens with zero attached hydrogens (tertiary/aromatic N) is 1. The van der Waals surface area contributed by atoms with Crippen molar-refractivity contribution < 1.29 is 4.79 Å². The summed E-state index contributed by atoms with van der Waals surface area (Å²) in [6.45, 7) is 6.36. The first-order valence-electron chi connectivity index (χ1n) is 7.89. The molecule has 0 spiro atoms. The summed E-state index contributed by atoms with van der Waals surface area (Å²) in [4.78, 5) is 12.3. The Morgan fingerprint density at radius 2 is 1.83 bits per heavy atom. The first-order valence-corrected chi connectivity index (χ1v) is 7.89. The van der Waals surface area contributed by atoms with Crippen LogP contribution in [0.15, 0.2) is 48.5 Å². The van der Waals surface area contributed by atoms with Crippen LogP contribution < -0.4 is 5.32 Å². The quantitative estimate of drug-likeness (QED) is 0.898. The van der Waals surface area contributed by atoms with Gasteiger partial charge in [-0.2, -0.15) is 5.26 Å². The fourth-order valence-electron chi connectivity index (χ4n) is 2.51. The van der Waals surface area contributed by atoms with Gasteiger partial charge in [0.05, 0.1) is 17.7 Å². The molecule has 2 aromatic carbocycles. The average Bonchev–Trinajstić information content (AvgIpc) is 2.55. The summed E-state index contributed by atoms with van der Waals surface area (Å²) >= 11 is 0. The van der Waals surface area contributed by atoms with Crippen molar-refractivity contribution in [2.45, 2.75) is 33.2 Å². The molecule has 0 heterocycles. The number of hydrogen-bond acceptors (Lipinski definition) is 2. The monoisotopic (exact) mass is 306 g/mol. The molecule has 2 aromatic rings. The van der Waals surface area contributed by atoms with E-state index in [0.29, 0.717) is 17.0 Å². The van der Waals surface area contributed by atoms with Crippen molar-refractivity contribution >= 4 is 5.91 Å². The number of carbonyl (C=O) groups excluding carboxylic acids is 1. The Hall–Kier alpha value is -2.60. The lowest BCUT2D eigenvalue weighted by atomic mass is 10.00. The Labute approximate surface area is 138 Å². The van der Waals surface area contributed by atoms with Crippen LogP contribution in [0.5, 0.6) is 0 Å². The third-order valence-corrected chi connectivity index (χ3v) is 3.73. The SMILES string of the molecule is CC(C)Cc1ccc(C(C)NC(=O)c2cccc(C#N)c2)cc1. The molecule has 0 aromatic heterocycles. The molecule has 1 amide bonds. The highest BCUT2D eigenvalue weighted by atomic mass is 16.1. The highest BCUT2D eigenvalue weighted by molar-refractivity contribution is 5.94. The fraction of sp³-hybridized carbons (Fsp3) is 0.300. The Morgan fingerprint density at radius 1 is 1.13 bits per heavy atom. The third kappa shape index (κ3) is 4.69. The maximum absolute atomic E-state index is 12.3. The first kappa shape index (κ1) is 16.8. The van der Waals surface area contributed by atoms with E-state index in [1.54, 1.807) is 24.3 Å². The maximum Gasteiger partial charge on any atom is 0.251 e. The van der Waals surface area contributed by atoms with Crippen LogP contribution >= 0.6 is 0 Å². The molecule has 1 N–H and O–H groups in total. The van der Waals surface area contributed by atoms with Crippen LogP contribution in [0.4, 0.5) is 0 Å². The number of carbonyl (C=O) groups is 1. The van der Waals surface area contributed by atoms with Gasteiger partial charge in [-0.15, -0.1) is 0 Å². The van der Waals surface area contributed by atoms with Gasteiger partial charge in [0, 0.05) is 5.56 Å². The Morgan fingerprint density at radius 3 is 2.43 bits per heavy atom. The van der Waals surface area contributed by atoms with Gasteiger partial charge in [0.25, 0.3) is 5.91 Å². The van der Waals surface area contributed by atoms with Crippen molar-refractivity contribution in [3.8, 4) is 6.07 Å². The van der Waals surface area contributed by atoms with Gasteiger partial charge in [-0.3, -0.25) is 4.79 Å². The molecule has 3 heteroatoms. The van der Waals surface area contributed by atoms with Crippen LogP contribution in [-0.4, -0.2) is 5.91 Å². The summed E-state index contributed by atoms with van der Waals surface area (Å²) in [5, 5.41) is 11.9. The molecule has 1 atom stereocenters. The second-order valence-corrected chi connectivity index (χ2v) is 6.23. The van der Waals surface area contributed by atoms with Gasteiger partial charge in [0.15, 0.2) is 0 Å². The predicted octanol–water partition coefficient (Wildman–Crippen LogP) is 4.25. The second-order valence-electron chi connectivity index (χ2n) is 6.23. The minimum Gasteiger partial charge on any atom is -0.346 e. The topological polar surface area (TPSA) is 52.9 Å². The molecular formula is C20H22N2O. The van der Waals surface area contributed by atoms with E-state index < -0.39 is 0 Å². The molecule has 0 saturated heterocycles. The largest absolute Gasteiger partial charge is 0.346 e. The zero-order chi connectivity index (χ0) is 16.8. The van der Waals surface area contributed by atoms with Crippen LogP contribution in [0, 0.1) is 17.2 Å². The molecule has 0 saturated carbocycles. The Balaban J connectivity index is 2.04. The van der Waals surface area contributed by atoms with E-state index in [1.165, 1.54) is 5.56 Å². The van der Waals surface area contributed by atoms with Crippen LogP contribution in [0.2, 0.25) is 0 Å².